The molecule has 0 aromatic rings. The molecule has 0 spiro atoms. The van der Waals surface area contributed by atoms with Gasteiger partial charge in [-0.15, -0.1) is 0 Å². The number of rotatable bonds is 4. The van der Waals surface area contributed by atoms with Gasteiger partial charge in [0, 0.05) is 38.4 Å². The Morgan fingerprint density at radius 2 is 1.50 bits per heavy atom. The molecular formula is C14H30N2O8S2. The second-order valence-corrected chi connectivity index (χ2v) is 10.8. The molecule has 5 N–H and O–H groups in total. The van der Waals surface area contributed by atoms with Crippen molar-refractivity contribution in [1.82, 2.24) is 10.6 Å². The SMILES string of the molecule is CS(=O)(=O)O[C@@H]1CNC[C@H](O)[C@@H]1O.C[C@H]1CNC[C@H](CS(C)(=O)=O)[C@H]1O. The van der Waals surface area contributed by atoms with Crippen LogP contribution in [-0.2, 0) is 24.1 Å². The highest BCUT2D eigenvalue weighted by Gasteiger charge is 2.33. The van der Waals surface area contributed by atoms with Crippen LogP contribution in [0.4, 0.5) is 0 Å². The first kappa shape index (κ1) is 23.7. The largest absolute Gasteiger partial charge is 0.392 e. The normalized spacial score (nSPS) is 36.1. The van der Waals surface area contributed by atoms with Gasteiger partial charge < -0.3 is 26.0 Å². The molecule has 2 aliphatic rings. The van der Waals surface area contributed by atoms with E-state index in [0.717, 1.165) is 12.8 Å². The third-order valence-corrected chi connectivity index (χ3v) is 5.86. The minimum atomic E-state index is -3.59. The molecule has 0 aliphatic carbocycles. The molecule has 2 rings (SSSR count). The summed E-state index contributed by atoms with van der Waals surface area (Å²) in [6, 6.07) is 0. The lowest BCUT2D eigenvalue weighted by atomic mass is 9.90. The molecule has 10 nitrogen and oxygen atoms in total. The fraction of sp³-hybridized carbons (Fsp3) is 1.00. The monoisotopic (exact) mass is 418 g/mol. The highest BCUT2D eigenvalue weighted by molar-refractivity contribution is 7.90. The van der Waals surface area contributed by atoms with Crippen molar-refractivity contribution in [2.75, 3.05) is 44.4 Å². The first-order valence-corrected chi connectivity index (χ1v) is 12.2. The number of hydrogen-bond donors (Lipinski definition) is 5. The standard InChI is InChI=1S/C8H17NO3S.C6H13NO5S/c1-6-3-9-4-7(8(6)10)5-13(2,11)12;1-13(10,11)12-5-3-7-2-4(8)6(5)9/h6-10H,3-5H2,1-2H3;4-9H,2-3H2,1H3/t6-,7+,8-;4-,5+,6-/m00/s1. The number of nitrogens with one attached hydrogen (secondary N) is 2. The lowest BCUT2D eigenvalue weighted by Crippen LogP contribution is -2.54. The minimum Gasteiger partial charge on any atom is -0.392 e. The zero-order valence-corrected chi connectivity index (χ0v) is 16.8. The summed E-state index contributed by atoms with van der Waals surface area (Å²) >= 11 is 0. The van der Waals surface area contributed by atoms with Crippen LogP contribution in [0.15, 0.2) is 0 Å². The van der Waals surface area contributed by atoms with Gasteiger partial charge in [0.15, 0.2) is 0 Å². The van der Waals surface area contributed by atoms with Gasteiger partial charge in [-0.1, -0.05) is 6.92 Å². The van der Waals surface area contributed by atoms with Crippen molar-refractivity contribution in [1.29, 1.82) is 0 Å². The third-order valence-electron chi connectivity index (χ3n) is 4.23. The van der Waals surface area contributed by atoms with Crippen molar-refractivity contribution in [2.24, 2.45) is 11.8 Å². The fourth-order valence-electron chi connectivity index (χ4n) is 2.93. The van der Waals surface area contributed by atoms with Crippen LogP contribution in [0, 0.1) is 11.8 Å². The smallest absolute Gasteiger partial charge is 0.264 e. The maximum Gasteiger partial charge on any atom is 0.264 e. The number of β-amino-alcohol motifs (C(OH)–C–C–N with tert-alkyl or cyclic N) is 1. The van der Waals surface area contributed by atoms with Gasteiger partial charge in [0.25, 0.3) is 10.1 Å². The van der Waals surface area contributed by atoms with E-state index in [4.69, 9.17) is 5.11 Å². The van der Waals surface area contributed by atoms with Gasteiger partial charge >= 0.3 is 0 Å². The first-order chi connectivity index (χ1) is 11.8. The molecule has 0 radical (unpaired) electrons. The van der Waals surface area contributed by atoms with Gasteiger partial charge in [-0.2, -0.15) is 8.42 Å². The predicted molar refractivity (Wildman–Crippen MR) is 95.8 cm³/mol. The van der Waals surface area contributed by atoms with Gasteiger partial charge in [0.1, 0.15) is 22.0 Å². The average molecular weight is 419 g/mol. The molecule has 0 unspecified atom stereocenters. The fourth-order valence-corrected chi connectivity index (χ4v) is 4.65. The molecule has 2 heterocycles. The summed E-state index contributed by atoms with van der Waals surface area (Å²) in [6.07, 6.45) is -1.43. The molecule has 6 atom stereocenters. The van der Waals surface area contributed by atoms with E-state index in [1.165, 1.54) is 6.26 Å². The van der Waals surface area contributed by atoms with Gasteiger partial charge in [-0.3, -0.25) is 4.18 Å². The maximum absolute atomic E-state index is 11.0. The van der Waals surface area contributed by atoms with Crippen molar-refractivity contribution >= 4 is 20.0 Å². The summed E-state index contributed by atoms with van der Waals surface area (Å²) in [5.41, 5.74) is 0. The first-order valence-electron chi connectivity index (χ1n) is 8.31. The van der Waals surface area contributed by atoms with E-state index < -0.39 is 44.4 Å². The van der Waals surface area contributed by atoms with E-state index in [1.54, 1.807) is 0 Å². The molecule has 0 aromatic carbocycles. The van der Waals surface area contributed by atoms with E-state index in [2.05, 4.69) is 14.8 Å². The van der Waals surface area contributed by atoms with E-state index in [1.807, 2.05) is 6.92 Å². The van der Waals surface area contributed by atoms with Crippen molar-refractivity contribution in [3.05, 3.63) is 0 Å². The summed E-state index contributed by atoms with van der Waals surface area (Å²) in [7, 11) is -6.57. The Balaban J connectivity index is 0.000000260. The number of sulfone groups is 1. The second kappa shape index (κ2) is 9.73. The highest BCUT2D eigenvalue weighted by Crippen LogP contribution is 2.18. The van der Waals surface area contributed by atoms with Crippen molar-refractivity contribution < 1.29 is 36.3 Å². The Morgan fingerprint density at radius 3 is 2.04 bits per heavy atom. The van der Waals surface area contributed by atoms with Crippen LogP contribution in [0.3, 0.4) is 0 Å². The summed E-state index contributed by atoms with van der Waals surface area (Å²) < 4.78 is 48.0. The van der Waals surface area contributed by atoms with Gasteiger partial charge in [0.2, 0.25) is 0 Å². The lowest BCUT2D eigenvalue weighted by Gasteiger charge is -2.32. The Bertz CT molecular complexity index is 583. The third kappa shape index (κ3) is 8.57. The molecule has 2 fully saturated rings. The van der Waals surface area contributed by atoms with Crippen LogP contribution < -0.4 is 10.6 Å². The summed E-state index contributed by atoms with van der Waals surface area (Å²) in [6.45, 7) is 3.74. The van der Waals surface area contributed by atoms with Crippen LogP contribution >= 0.6 is 0 Å². The Morgan fingerprint density at radius 1 is 0.923 bits per heavy atom. The molecule has 12 heteroatoms. The van der Waals surface area contributed by atoms with E-state index in [-0.39, 0.29) is 30.7 Å². The van der Waals surface area contributed by atoms with E-state index in [9.17, 15) is 27.0 Å². The number of piperidine rings is 2. The number of aliphatic hydroxyl groups is 3. The number of hydrogen-bond acceptors (Lipinski definition) is 10. The van der Waals surface area contributed by atoms with E-state index in [0.29, 0.717) is 6.54 Å². The zero-order valence-electron chi connectivity index (χ0n) is 15.2. The van der Waals surface area contributed by atoms with Crippen LogP contribution in [0.1, 0.15) is 6.92 Å². The zero-order chi connectivity index (χ0) is 20.1. The van der Waals surface area contributed by atoms with Crippen LogP contribution in [0.25, 0.3) is 0 Å². The predicted octanol–water partition coefficient (Wildman–Crippen LogP) is -3.10. The quantitative estimate of drug-likeness (QED) is 0.296. The van der Waals surface area contributed by atoms with Gasteiger partial charge in [0.05, 0.1) is 24.2 Å². The molecule has 0 amide bonds. The molecule has 0 saturated carbocycles. The number of aliphatic hydroxyl groups excluding tert-OH is 3. The molecule has 2 saturated heterocycles. The lowest BCUT2D eigenvalue weighted by molar-refractivity contribution is -0.0629. The van der Waals surface area contributed by atoms with Crippen molar-refractivity contribution in [3.8, 4) is 0 Å². The molecule has 156 valence electrons. The highest BCUT2D eigenvalue weighted by atomic mass is 32.2. The molecular weight excluding hydrogens is 388 g/mol. The Kier molecular flexibility index (Phi) is 8.87. The molecule has 26 heavy (non-hydrogen) atoms. The van der Waals surface area contributed by atoms with Crippen LogP contribution in [-0.4, -0.2) is 101 Å². The summed E-state index contributed by atoms with van der Waals surface area (Å²) in [4.78, 5) is 0. The van der Waals surface area contributed by atoms with E-state index >= 15 is 0 Å². The Labute approximate surface area is 155 Å². The molecule has 0 bridgehead atoms. The van der Waals surface area contributed by atoms with Crippen molar-refractivity contribution in [2.45, 2.75) is 31.3 Å². The van der Waals surface area contributed by atoms with Crippen molar-refractivity contribution in [3.63, 3.8) is 0 Å². The van der Waals surface area contributed by atoms with Crippen LogP contribution in [0.2, 0.25) is 0 Å². The topological polar surface area (TPSA) is 162 Å². The molecule has 0 aromatic heterocycles. The summed E-state index contributed by atoms with van der Waals surface area (Å²) in [5, 5.41) is 34.0. The summed E-state index contributed by atoms with van der Waals surface area (Å²) in [5.74, 6) is 0.0603. The second-order valence-electron chi connectivity index (χ2n) is 7.03. The van der Waals surface area contributed by atoms with Crippen LogP contribution in [0.5, 0.6) is 0 Å². The maximum atomic E-state index is 11.0. The average Bonchev–Trinajstić information content (AvgIpc) is 2.47. The Hall–Kier alpha value is -0.340. The van der Waals surface area contributed by atoms with Gasteiger partial charge in [-0.25, -0.2) is 8.42 Å². The molecule has 2 aliphatic heterocycles. The van der Waals surface area contributed by atoms with Gasteiger partial charge in [-0.05, 0) is 5.92 Å². The minimum absolute atomic E-state index is 0.0749.